The Bertz CT molecular complexity index is 765. The van der Waals surface area contributed by atoms with Crippen molar-refractivity contribution in [2.45, 2.75) is 6.92 Å². The summed E-state index contributed by atoms with van der Waals surface area (Å²) in [4.78, 5) is 12.5. The molecule has 5 heteroatoms. The number of carbonyl (C=O) groups is 1. The summed E-state index contributed by atoms with van der Waals surface area (Å²) in [6.45, 7) is 2.47. The number of carbonyl (C=O) groups excluding carboxylic acids is 1. The van der Waals surface area contributed by atoms with E-state index in [4.69, 9.17) is 18.9 Å². The number of allylic oxidation sites excluding steroid dienone is 1. The van der Waals surface area contributed by atoms with E-state index < -0.39 is 0 Å². The van der Waals surface area contributed by atoms with Gasteiger partial charge in [0.15, 0.2) is 17.3 Å². The summed E-state index contributed by atoms with van der Waals surface area (Å²) in [5.74, 6) is 2.24. The highest BCUT2D eigenvalue weighted by atomic mass is 16.5. The summed E-state index contributed by atoms with van der Waals surface area (Å²) in [7, 11) is 4.67. The molecule has 2 rings (SSSR count). The lowest BCUT2D eigenvalue weighted by atomic mass is 10.1. The highest BCUT2D eigenvalue weighted by Crippen LogP contribution is 2.29. The van der Waals surface area contributed by atoms with Crippen molar-refractivity contribution in [1.82, 2.24) is 0 Å². The molecule has 0 aromatic heterocycles. The van der Waals surface area contributed by atoms with E-state index in [0.29, 0.717) is 35.2 Å². The molecule has 0 saturated carbocycles. The summed E-state index contributed by atoms with van der Waals surface area (Å²) in [6.07, 6.45) is 3.23. The third-order valence-corrected chi connectivity index (χ3v) is 3.59. The minimum atomic E-state index is -0.160. The van der Waals surface area contributed by atoms with Crippen molar-refractivity contribution in [2.24, 2.45) is 0 Å². The van der Waals surface area contributed by atoms with Crippen molar-refractivity contribution in [3.05, 3.63) is 53.6 Å². The highest BCUT2D eigenvalue weighted by molar-refractivity contribution is 6.08. The first kappa shape index (κ1) is 18.4. The van der Waals surface area contributed by atoms with Gasteiger partial charge in [0.25, 0.3) is 0 Å². The van der Waals surface area contributed by atoms with Crippen molar-refractivity contribution < 1.29 is 23.7 Å². The van der Waals surface area contributed by atoms with Crippen LogP contribution in [-0.2, 0) is 0 Å². The summed E-state index contributed by atoms with van der Waals surface area (Å²) in [6, 6.07) is 10.6. The first-order chi connectivity index (χ1) is 12.1. The van der Waals surface area contributed by atoms with Crippen molar-refractivity contribution in [3.8, 4) is 23.0 Å². The second kappa shape index (κ2) is 8.78. The second-order valence-electron chi connectivity index (χ2n) is 5.11. The van der Waals surface area contributed by atoms with Gasteiger partial charge in [0.1, 0.15) is 11.5 Å². The SMILES string of the molecule is CCOc1ccc(/C=C/C(=O)c2ccc(OC)cc2OC)cc1OC. The van der Waals surface area contributed by atoms with Gasteiger partial charge in [-0.1, -0.05) is 12.1 Å². The molecule has 5 nitrogen and oxygen atoms in total. The quantitative estimate of drug-likeness (QED) is 0.536. The molecule has 0 N–H and O–H groups in total. The Balaban J connectivity index is 2.23. The first-order valence-corrected chi connectivity index (χ1v) is 7.88. The lowest BCUT2D eigenvalue weighted by Crippen LogP contribution is -1.99. The largest absolute Gasteiger partial charge is 0.497 e. The minimum absolute atomic E-state index is 0.160. The second-order valence-corrected chi connectivity index (χ2v) is 5.11. The number of ether oxygens (including phenoxy) is 4. The van der Waals surface area contributed by atoms with E-state index in [1.807, 2.05) is 25.1 Å². The molecule has 0 amide bonds. The van der Waals surface area contributed by atoms with Crippen LogP contribution >= 0.6 is 0 Å². The molecule has 0 aliphatic heterocycles. The summed E-state index contributed by atoms with van der Waals surface area (Å²) >= 11 is 0. The molecule has 2 aromatic carbocycles. The minimum Gasteiger partial charge on any atom is -0.497 e. The average molecular weight is 342 g/mol. The topological polar surface area (TPSA) is 54.0 Å². The van der Waals surface area contributed by atoms with Crippen LogP contribution in [0, 0.1) is 0 Å². The molecule has 0 bridgehead atoms. The Morgan fingerprint density at radius 2 is 1.68 bits per heavy atom. The molecule has 0 radical (unpaired) electrons. The van der Waals surface area contributed by atoms with Crippen LogP contribution in [0.3, 0.4) is 0 Å². The monoisotopic (exact) mass is 342 g/mol. The molecule has 0 spiro atoms. The molecule has 0 unspecified atom stereocenters. The molecule has 132 valence electrons. The van der Waals surface area contributed by atoms with E-state index in [0.717, 1.165) is 5.56 Å². The maximum Gasteiger partial charge on any atom is 0.189 e. The number of benzene rings is 2. The van der Waals surface area contributed by atoms with Crippen LogP contribution in [0.25, 0.3) is 6.08 Å². The van der Waals surface area contributed by atoms with Crippen LogP contribution in [0.1, 0.15) is 22.8 Å². The molecule has 0 atom stereocenters. The van der Waals surface area contributed by atoms with Crippen LogP contribution in [0.5, 0.6) is 23.0 Å². The predicted molar refractivity (Wildman–Crippen MR) is 97.1 cm³/mol. The Hall–Kier alpha value is -2.95. The van der Waals surface area contributed by atoms with Crippen molar-refractivity contribution in [2.75, 3.05) is 27.9 Å². The van der Waals surface area contributed by atoms with Crippen LogP contribution < -0.4 is 18.9 Å². The van der Waals surface area contributed by atoms with Crippen molar-refractivity contribution in [3.63, 3.8) is 0 Å². The number of ketones is 1. The van der Waals surface area contributed by atoms with Crippen LogP contribution in [0.15, 0.2) is 42.5 Å². The normalized spacial score (nSPS) is 10.6. The van der Waals surface area contributed by atoms with Crippen molar-refractivity contribution in [1.29, 1.82) is 0 Å². The van der Waals surface area contributed by atoms with Gasteiger partial charge in [-0.3, -0.25) is 4.79 Å². The zero-order valence-electron chi connectivity index (χ0n) is 14.9. The predicted octanol–water partition coefficient (Wildman–Crippen LogP) is 4.01. The van der Waals surface area contributed by atoms with Gasteiger partial charge in [-0.2, -0.15) is 0 Å². The van der Waals surface area contributed by atoms with E-state index in [1.54, 1.807) is 38.5 Å². The zero-order valence-corrected chi connectivity index (χ0v) is 14.9. The fourth-order valence-corrected chi connectivity index (χ4v) is 2.33. The molecule has 0 aliphatic carbocycles. The van der Waals surface area contributed by atoms with Crippen LogP contribution in [-0.4, -0.2) is 33.7 Å². The Morgan fingerprint density at radius 1 is 0.920 bits per heavy atom. The molecular formula is C20H22O5. The molecule has 0 aliphatic rings. The van der Waals surface area contributed by atoms with Gasteiger partial charge in [0, 0.05) is 6.07 Å². The smallest absolute Gasteiger partial charge is 0.189 e. The number of methoxy groups -OCH3 is 3. The average Bonchev–Trinajstić information content (AvgIpc) is 2.66. The maximum atomic E-state index is 12.5. The van der Waals surface area contributed by atoms with Gasteiger partial charge in [-0.15, -0.1) is 0 Å². The fraction of sp³-hybridized carbons (Fsp3) is 0.250. The Labute approximate surface area is 147 Å². The van der Waals surface area contributed by atoms with Gasteiger partial charge in [-0.05, 0) is 42.8 Å². The summed E-state index contributed by atoms with van der Waals surface area (Å²) in [5.41, 5.74) is 1.30. The standard InChI is InChI=1S/C20H22O5/c1-5-25-18-11-7-14(12-20(18)24-4)6-10-17(21)16-9-8-15(22-2)13-19(16)23-3/h6-13H,5H2,1-4H3/b10-6+. The van der Waals surface area contributed by atoms with Crippen LogP contribution in [0.2, 0.25) is 0 Å². The zero-order chi connectivity index (χ0) is 18.2. The van der Waals surface area contributed by atoms with E-state index in [9.17, 15) is 4.79 Å². The van der Waals surface area contributed by atoms with Gasteiger partial charge in [0.05, 0.1) is 33.5 Å². The number of hydrogen-bond donors (Lipinski definition) is 0. The molecule has 0 heterocycles. The number of hydrogen-bond acceptors (Lipinski definition) is 5. The van der Waals surface area contributed by atoms with Crippen molar-refractivity contribution >= 4 is 11.9 Å². The van der Waals surface area contributed by atoms with E-state index >= 15 is 0 Å². The molecule has 25 heavy (non-hydrogen) atoms. The van der Waals surface area contributed by atoms with Gasteiger partial charge >= 0.3 is 0 Å². The van der Waals surface area contributed by atoms with E-state index in [2.05, 4.69) is 0 Å². The first-order valence-electron chi connectivity index (χ1n) is 7.88. The fourth-order valence-electron chi connectivity index (χ4n) is 2.33. The molecular weight excluding hydrogens is 320 g/mol. The summed E-state index contributed by atoms with van der Waals surface area (Å²) in [5, 5.41) is 0. The Morgan fingerprint density at radius 3 is 2.32 bits per heavy atom. The van der Waals surface area contributed by atoms with E-state index in [1.165, 1.54) is 13.2 Å². The molecule has 0 saturated heterocycles. The Kier molecular flexibility index (Phi) is 6.46. The van der Waals surface area contributed by atoms with Gasteiger partial charge in [-0.25, -0.2) is 0 Å². The highest BCUT2D eigenvalue weighted by Gasteiger charge is 2.11. The lowest BCUT2D eigenvalue weighted by Gasteiger charge is -2.09. The van der Waals surface area contributed by atoms with Crippen LogP contribution in [0.4, 0.5) is 0 Å². The molecule has 0 fully saturated rings. The van der Waals surface area contributed by atoms with Gasteiger partial charge in [0.2, 0.25) is 0 Å². The van der Waals surface area contributed by atoms with Gasteiger partial charge < -0.3 is 18.9 Å². The third kappa shape index (κ3) is 4.53. The third-order valence-electron chi connectivity index (χ3n) is 3.59. The molecule has 2 aromatic rings. The number of rotatable bonds is 8. The van der Waals surface area contributed by atoms with E-state index in [-0.39, 0.29) is 5.78 Å². The lowest BCUT2D eigenvalue weighted by molar-refractivity contribution is 0.104. The summed E-state index contributed by atoms with van der Waals surface area (Å²) < 4.78 is 21.2. The maximum absolute atomic E-state index is 12.5.